The number of hydrogen-bond donors (Lipinski definition) is 2. The predicted molar refractivity (Wildman–Crippen MR) is 34.1 cm³/mol. The summed E-state index contributed by atoms with van der Waals surface area (Å²) in [5.41, 5.74) is 2.43. The molecule has 0 bridgehead atoms. The summed E-state index contributed by atoms with van der Waals surface area (Å²) in [5, 5.41) is 3.56. The second-order valence-electron chi connectivity index (χ2n) is 1.72. The summed E-state index contributed by atoms with van der Waals surface area (Å²) in [6.45, 7) is 0.455. The van der Waals surface area contributed by atoms with Gasteiger partial charge in [-0.15, -0.1) is 0 Å². The number of nitrogens with zero attached hydrogens (tertiary/aromatic N) is 1. The van der Waals surface area contributed by atoms with E-state index in [1.807, 2.05) is 0 Å². The summed E-state index contributed by atoms with van der Waals surface area (Å²) in [6.07, 6.45) is 0. The molecular formula is C5H9N3O2. The number of hydrogen-bond acceptors (Lipinski definition) is 5. The first-order valence-corrected chi connectivity index (χ1v) is 2.80. The second kappa shape index (κ2) is 3.19. The average molecular weight is 143 g/mol. The molecule has 0 aromatic carbocycles. The topological polar surface area (TPSA) is 73.3 Å². The lowest BCUT2D eigenvalue weighted by molar-refractivity contribution is 0.323. The zero-order valence-electron chi connectivity index (χ0n) is 5.63. The number of rotatable bonds is 3. The van der Waals surface area contributed by atoms with Gasteiger partial charge < -0.3 is 9.26 Å². The molecule has 56 valence electrons. The first-order valence-electron chi connectivity index (χ1n) is 2.80. The van der Waals surface area contributed by atoms with Crippen molar-refractivity contribution in [2.75, 3.05) is 7.11 Å². The molecule has 10 heavy (non-hydrogen) atoms. The van der Waals surface area contributed by atoms with Crippen LogP contribution in [0.15, 0.2) is 10.6 Å². The number of methoxy groups -OCH3 is 1. The zero-order chi connectivity index (χ0) is 7.40. The van der Waals surface area contributed by atoms with Gasteiger partial charge in [0.1, 0.15) is 0 Å². The van der Waals surface area contributed by atoms with Crippen LogP contribution in [-0.4, -0.2) is 12.3 Å². The van der Waals surface area contributed by atoms with Crippen LogP contribution in [0.5, 0.6) is 5.88 Å². The molecule has 0 fully saturated rings. The Balaban J connectivity index is 2.59. The van der Waals surface area contributed by atoms with Crippen molar-refractivity contribution in [1.82, 2.24) is 10.6 Å². The van der Waals surface area contributed by atoms with Crippen molar-refractivity contribution in [3.63, 3.8) is 0 Å². The monoisotopic (exact) mass is 143 g/mol. The van der Waals surface area contributed by atoms with Crippen molar-refractivity contribution in [3.8, 4) is 5.88 Å². The third-order valence-corrected chi connectivity index (χ3v) is 1.02. The molecule has 1 aromatic heterocycles. The molecule has 0 spiro atoms. The Hall–Kier alpha value is -1.07. The molecule has 0 unspecified atom stereocenters. The standard InChI is InChI=1S/C5H9N3O2/c1-9-5-2-4(3-7-6)10-8-5/h2,7H,3,6H2,1H3. The van der Waals surface area contributed by atoms with Gasteiger partial charge in [0.15, 0.2) is 5.76 Å². The number of nitrogens with one attached hydrogen (secondary N) is 1. The molecule has 0 aliphatic rings. The van der Waals surface area contributed by atoms with E-state index in [4.69, 9.17) is 15.1 Å². The highest BCUT2D eigenvalue weighted by Crippen LogP contribution is 2.09. The Kier molecular flexibility index (Phi) is 2.24. The van der Waals surface area contributed by atoms with Gasteiger partial charge in [0.05, 0.1) is 13.7 Å². The molecule has 1 rings (SSSR count). The Morgan fingerprint density at radius 2 is 2.70 bits per heavy atom. The fraction of sp³-hybridized carbons (Fsp3) is 0.400. The summed E-state index contributed by atoms with van der Waals surface area (Å²) in [5.74, 6) is 6.15. The third-order valence-electron chi connectivity index (χ3n) is 1.02. The van der Waals surface area contributed by atoms with E-state index in [2.05, 4.69) is 10.6 Å². The highest BCUT2D eigenvalue weighted by Gasteiger charge is 2.00. The average Bonchev–Trinajstić information content (AvgIpc) is 2.37. The minimum atomic E-state index is 0.455. The van der Waals surface area contributed by atoms with E-state index in [0.29, 0.717) is 18.2 Å². The summed E-state index contributed by atoms with van der Waals surface area (Å²) in [4.78, 5) is 0. The van der Waals surface area contributed by atoms with Crippen LogP contribution < -0.4 is 16.0 Å². The highest BCUT2D eigenvalue weighted by molar-refractivity contribution is 5.10. The second-order valence-corrected chi connectivity index (χ2v) is 1.72. The van der Waals surface area contributed by atoms with Gasteiger partial charge in [-0.3, -0.25) is 11.3 Å². The number of aromatic nitrogens is 1. The Morgan fingerprint density at radius 3 is 3.20 bits per heavy atom. The predicted octanol–water partition coefficient (Wildman–Crippen LogP) is -0.354. The van der Waals surface area contributed by atoms with Crippen molar-refractivity contribution in [2.24, 2.45) is 5.84 Å². The molecule has 1 aromatic rings. The maximum absolute atomic E-state index is 5.03. The maximum Gasteiger partial charge on any atom is 0.254 e. The van der Waals surface area contributed by atoms with Crippen molar-refractivity contribution in [3.05, 3.63) is 11.8 Å². The lowest BCUT2D eigenvalue weighted by Gasteiger charge is -1.87. The lowest BCUT2D eigenvalue weighted by Crippen LogP contribution is -2.20. The van der Waals surface area contributed by atoms with E-state index in [-0.39, 0.29) is 0 Å². The van der Waals surface area contributed by atoms with E-state index >= 15 is 0 Å². The van der Waals surface area contributed by atoms with Crippen LogP contribution in [0.2, 0.25) is 0 Å². The van der Waals surface area contributed by atoms with Gasteiger partial charge in [-0.1, -0.05) is 0 Å². The minimum Gasteiger partial charge on any atom is -0.479 e. The van der Waals surface area contributed by atoms with Gasteiger partial charge in [-0.25, -0.2) is 0 Å². The van der Waals surface area contributed by atoms with Crippen LogP contribution >= 0.6 is 0 Å². The fourth-order valence-corrected chi connectivity index (χ4v) is 0.574. The Morgan fingerprint density at radius 1 is 1.90 bits per heavy atom. The Bertz CT molecular complexity index is 199. The quantitative estimate of drug-likeness (QED) is 0.446. The van der Waals surface area contributed by atoms with Crippen LogP contribution in [0, 0.1) is 0 Å². The zero-order valence-corrected chi connectivity index (χ0v) is 5.63. The molecule has 5 nitrogen and oxygen atoms in total. The molecule has 0 saturated heterocycles. The summed E-state index contributed by atoms with van der Waals surface area (Å²) in [6, 6.07) is 1.67. The van der Waals surface area contributed by atoms with Gasteiger partial charge in [0.25, 0.3) is 5.88 Å². The molecule has 0 aliphatic carbocycles. The largest absolute Gasteiger partial charge is 0.479 e. The van der Waals surface area contributed by atoms with Crippen molar-refractivity contribution in [2.45, 2.75) is 6.54 Å². The van der Waals surface area contributed by atoms with Crippen LogP contribution in [0.1, 0.15) is 5.76 Å². The Labute approximate surface area is 58.1 Å². The molecule has 0 aliphatic heterocycles. The van der Waals surface area contributed by atoms with Gasteiger partial charge in [0, 0.05) is 6.07 Å². The van der Waals surface area contributed by atoms with E-state index in [0.717, 1.165) is 0 Å². The normalized spacial score (nSPS) is 9.80. The molecule has 5 heteroatoms. The molecular weight excluding hydrogens is 134 g/mol. The SMILES string of the molecule is COc1cc(CNN)on1. The van der Waals surface area contributed by atoms with E-state index in [1.54, 1.807) is 6.07 Å². The van der Waals surface area contributed by atoms with Crippen LogP contribution in [0.3, 0.4) is 0 Å². The van der Waals surface area contributed by atoms with E-state index < -0.39 is 0 Å². The summed E-state index contributed by atoms with van der Waals surface area (Å²) >= 11 is 0. The number of nitrogens with two attached hydrogens (primary N) is 1. The third kappa shape index (κ3) is 1.46. The van der Waals surface area contributed by atoms with Gasteiger partial charge in [-0.05, 0) is 5.16 Å². The van der Waals surface area contributed by atoms with E-state index in [1.165, 1.54) is 7.11 Å². The van der Waals surface area contributed by atoms with Gasteiger partial charge in [-0.2, -0.15) is 0 Å². The summed E-state index contributed by atoms with van der Waals surface area (Å²) in [7, 11) is 1.53. The highest BCUT2D eigenvalue weighted by atomic mass is 16.5. The molecule has 0 saturated carbocycles. The molecule has 1 heterocycles. The fourth-order valence-electron chi connectivity index (χ4n) is 0.574. The minimum absolute atomic E-state index is 0.455. The van der Waals surface area contributed by atoms with Gasteiger partial charge >= 0.3 is 0 Å². The molecule has 0 atom stereocenters. The van der Waals surface area contributed by atoms with Crippen LogP contribution in [0.4, 0.5) is 0 Å². The number of ether oxygens (including phenoxy) is 1. The summed E-state index contributed by atoms with van der Waals surface area (Å²) < 4.78 is 9.55. The van der Waals surface area contributed by atoms with Crippen molar-refractivity contribution in [1.29, 1.82) is 0 Å². The molecule has 0 radical (unpaired) electrons. The van der Waals surface area contributed by atoms with E-state index in [9.17, 15) is 0 Å². The van der Waals surface area contributed by atoms with Gasteiger partial charge in [0.2, 0.25) is 0 Å². The molecule has 0 amide bonds. The maximum atomic E-state index is 5.03. The van der Waals surface area contributed by atoms with Crippen molar-refractivity contribution < 1.29 is 9.26 Å². The lowest BCUT2D eigenvalue weighted by atomic mass is 10.4. The van der Waals surface area contributed by atoms with Crippen LogP contribution in [0.25, 0.3) is 0 Å². The smallest absolute Gasteiger partial charge is 0.254 e. The molecule has 3 N–H and O–H groups in total. The van der Waals surface area contributed by atoms with Crippen LogP contribution in [-0.2, 0) is 6.54 Å². The first kappa shape index (κ1) is 7.04. The first-order chi connectivity index (χ1) is 4.86. The van der Waals surface area contributed by atoms with Crippen molar-refractivity contribution >= 4 is 0 Å². The number of hydrazine groups is 1.